The van der Waals surface area contributed by atoms with Crippen LogP contribution in [0.3, 0.4) is 0 Å². The van der Waals surface area contributed by atoms with Gasteiger partial charge in [-0.05, 0) is 59.8 Å². The Morgan fingerprint density at radius 1 is 0.758 bits per heavy atom. The van der Waals surface area contributed by atoms with E-state index in [2.05, 4.69) is 93.6 Å². The molecule has 0 aliphatic carbocycles. The molecule has 0 N–H and O–H groups in total. The molecule has 0 aromatic heterocycles. The second-order valence-corrected chi connectivity index (χ2v) is 14.4. The summed E-state index contributed by atoms with van der Waals surface area (Å²) in [5, 5.41) is 2.60. The topological polar surface area (TPSA) is 35.5 Å². The minimum Gasteiger partial charge on any atom is -0.480 e. The summed E-state index contributed by atoms with van der Waals surface area (Å²) in [6.07, 6.45) is 2.68. The quantitative estimate of drug-likeness (QED) is 0.226. The molecule has 0 bridgehead atoms. The molecule has 0 atom stereocenters. The standard InChI is InChI=1S/C29H36O3Si/c1-28(2,3)33(26-14-8-6-9-15-26,27-16-10-7-11-17-27)31-22-12-13-24-18-20-25(21-19-24)32-29(4,5)23-30/h6-11,14-21,23H,12-13,22H2,1-5H3. The zero-order valence-corrected chi connectivity index (χ0v) is 21.5. The second-order valence-electron chi connectivity index (χ2n) is 10.1. The Kier molecular flexibility index (Phi) is 7.93. The smallest absolute Gasteiger partial charge is 0.261 e. The van der Waals surface area contributed by atoms with Crippen molar-refractivity contribution in [2.45, 2.75) is 58.1 Å². The van der Waals surface area contributed by atoms with Crippen LogP contribution >= 0.6 is 0 Å². The highest BCUT2D eigenvalue weighted by Crippen LogP contribution is 2.36. The lowest BCUT2D eigenvalue weighted by Crippen LogP contribution is -2.66. The van der Waals surface area contributed by atoms with Crippen molar-refractivity contribution in [3.8, 4) is 5.75 Å². The van der Waals surface area contributed by atoms with Crippen LogP contribution in [0.1, 0.15) is 46.6 Å². The Bertz CT molecular complexity index is 967. The summed E-state index contributed by atoms with van der Waals surface area (Å²) in [5.41, 5.74) is 0.419. The maximum absolute atomic E-state index is 11.1. The van der Waals surface area contributed by atoms with E-state index >= 15 is 0 Å². The van der Waals surface area contributed by atoms with Crippen LogP contribution in [0, 0.1) is 0 Å². The fourth-order valence-electron chi connectivity index (χ4n) is 4.32. The first-order valence-electron chi connectivity index (χ1n) is 11.7. The van der Waals surface area contributed by atoms with Crippen molar-refractivity contribution < 1.29 is 14.0 Å². The Balaban J connectivity index is 1.74. The highest BCUT2D eigenvalue weighted by atomic mass is 28.4. The molecule has 3 nitrogen and oxygen atoms in total. The van der Waals surface area contributed by atoms with Gasteiger partial charge >= 0.3 is 0 Å². The third kappa shape index (κ3) is 6.01. The molecule has 0 saturated heterocycles. The highest BCUT2D eigenvalue weighted by Gasteiger charge is 2.49. The van der Waals surface area contributed by atoms with Crippen molar-refractivity contribution in [1.82, 2.24) is 0 Å². The number of carbonyl (C=O) groups is 1. The first kappa shape index (κ1) is 24.9. The van der Waals surface area contributed by atoms with E-state index in [1.165, 1.54) is 15.9 Å². The van der Waals surface area contributed by atoms with Gasteiger partial charge in [0.25, 0.3) is 8.32 Å². The average Bonchev–Trinajstić information content (AvgIpc) is 2.80. The Morgan fingerprint density at radius 2 is 1.27 bits per heavy atom. The van der Waals surface area contributed by atoms with Gasteiger partial charge in [0.2, 0.25) is 0 Å². The van der Waals surface area contributed by atoms with Gasteiger partial charge in [0.05, 0.1) is 0 Å². The van der Waals surface area contributed by atoms with E-state index in [-0.39, 0.29) is 5.04 Å². The van der Waals surface area contributed by atoms with E-state index in [1.54, 1.807) is 13.8 Å². The van der Waals surface area contributed by atoms with E-state index in [0.29, 0.717) is 12.4 Å². The number of benzene rings is 3. The van der Waals surface area contributed by atoms with Crippen LogP contribution in [0.5, 0.6) is 5.75 Å². The molecule has 0 radical (unpaired) electrons. The number of ether oxygens (including phenoxy) is 1. The average molecular weight is 461 g/mol. The third-order valence-electron chi connectivity index (χ3n) is 5.93. The molecule has 0 spiro atoms. The molecule has 0 amide bonds. The van der Waals surface area contributed by atoms with Gasteiger partial charge < -0.3 is 9.16 Å². The summed E-state index contributed by atoms with van der Waals surface area (Å²) >= 11 is 0. The molecule has 0 aliphatic rings. The Morgan fingerprint density at radius 3 is 1.73 bits per heavy atom. The fraction of sp³-hybridized carbons (Fsp3) is 0.345. The molecule has 0 heterocycles. The lowest BCUT2D eigenvalue weighted by atomic mass is 10.1. The summed E-state index contributed by atoms with van der Waals surface area (Å²) in [5.74, 6) is 0.708. The van der Waals surface area contributed by atoms with Crippen molar-refractivity contribution in [3.63, 3.8) is 0 Å². The summed E-state index contributed by atoms with van der Waals surface area (Å²) in [6, 6.07) is 29.5. The zero-order valence-electron chi connectivity index (χ0n) is 20.5. The summed E-state index contributed by atoms with van der Waals surface area (Å²) in [6.45, 7) is 11.1. The van der Waals surface area contributed by atoms with E-state index in [4.69, 9.17) is 9.16 Å². The van der Waals surface area contributed by atoms with Crippen LogP contribution in [-0.4, -0.2) is 26.8 Å². The fourth-order valence-corrected chi connectivity index (χ4v) is 8.92. The van der Waals surface area contributed by atoms with E-state index in [1.807, 2.05) is 12.1 Å². The molecular formula is C29H36O3Si. The first-order valence-corrected chi connectivity index (χ1v) is 13.6. The Labute approximate surface area is 199 Å². The molecule has 174 valence electrons. The van der Waals surface area contributed by atoms with Crippen LogP contribution in [0.2, 0.25) is 5.04 Å². The van der Waals surface area contributed by atoms with Gasteiger partial charge in [-0.3, -0.25) is 4.79 Å². The van der Waals surface area contributed by atoms with Crippen molar-refractivity contribution in [1.29, 1.82) is 0 Å². The molecule has 33 heavy (non-hydrogen) atoms. The van der Waals surface area contributed by atoms with Crippen LogP contribution < -0.4 is 15.1 Å². The molecule has 3 aromatic rings. The number of aryl methyl sites for hydroxylation is 1. The van der Waals surface area contributed by atoms with Crippen molar-refractivity contribution >= 4 is 25.0 Å². The molecule has 0 aliphatic heterocycles. The zero-order chi connectivity index (χ0) is 24.0. The van der Waals surface area contributed by atoms with Gasteiger partial charge in [-0.15, -0.1) is 0 Å². The van der Waals surface area contributed by atoms with E-state index in [9.17, 15) is 4.79 Å². The normalized spacial score (nSPS) is 12.4. The van der Waals surface area contributed by atoms with Crippen molar-refractivity contribution in [2.75, 3.05) is 6.61 Å². The molecule has 0 saturated carbocycles. The van der Waals surface area contributed by atoms with Crippen molar-refractivity contribution in [2.24, 2.45) is 0 Å². The van der Waals surface area contributed by atoms with Gasteiger partial charge in [-0.2, -0.15) is 0 Å². The Hall–Kier alpha value is -2.69. The molecule has 0 unspecified atom stereocenters. The molecule has 3 aromatic carbocycles. The largest absolute Gasteiger partial charge is 0.480 e. The predicted octanol–water partition coefficient (Wildman–Crippen LogP) is 5.55. The van der Waals surface area contributed by atoms with Gasteiger partial charge in [-0.1, -0.05) is 93.6 Å². The number of rotatable bonds is 10. The highest BCUT2D eigenvalue weighted by molar-refractivity contribution is 6.99. The van der Waals surface area contributed by atoms with Gasteiger partial charge in [0.15, 0.2) is 11.9 Å². The SMILES string of the molecule is CC(C)(C=O)Oc1ccc(CCCO[Si](c2ccccc2)(c2ccccc2)C(C)(C)C)cc1. The number of carbonyl (C=O) groups excluding carboxylic acids is 1. The van der Waals surface area contributed by atoms with Gasteiger partial charge in [0.1, 0.15) is 5.75 Å². The minimum atomic E-state index is -2.48. The summed E-state index contributed by atoms with van der Waals surface area (Å²) in [7, 11) is -2.48. The second kappa shape index (κ2) is 10.5. The minimum absolute atomic E-state index is 0.0138. The monoisotopic (exact) mass is 460 g/mol. The number of hydrogen-bond donors (Lipinski definition) is 0. The van der Waals surface area contributed by atoms with Gasteiger partial charge in [-0.25, -0.2) is 0 Å². The summed E-state index contributed by atoms with van der Waals surface area (Å²) < 4.78 is 12.7. The van der Waals surface area contributed by atoms with Gasteiger partial charge in [0, 0.05) is 6.61 Å². The first-order chi connectivity index (χ1) is 15.7. The number of hydrogen-bond acceptors (Lipinski definition) is 3. The van der Waals surface area contributed by atoms with Crippen LogP contribution in [0.4, 0.5) is 0 Å². The van der Waals surface area contributed by atoms with Crippen LogP contribution in [0.15, 0.2) is 84.9 Å². The third-order valence-corrected chi connectivity index (χ3v) is 11.0. The molecule has 3 rings (SSSR count). The molecule has 4 heteroatoms. The number of aldehydes is 1. The summed E-state index contributed by atoms with van der Waals surface area (Å²) in [4.78, 5) is 11.1. The molecular weight excluding hydrogens is 424 g/mol. The maximum atomic E-state index is 11.1. The van der Waals surface area contributed by atoms with E-state index < -0.39 is 13.9 Å². The maximum Gasteiger partial charge on any atom is 0.261 e. The van der Waals surface area contributed by atoms with Crippen LogP contribution in [-0.2, 0) is 15.6 Å². The van der Waals surface area contributed by atoms with Crippen LogP contribution in [0.25, 0.3) is 0 Å². The van der Waals surface area contributed by atoms with E-state index in [0.717, 1.165) is 19.1 Å². The predicted molar refractivity (Wildman–Crippen MR) is 139 cm³/mol. The molecule has 0 fully saturated rings. The van der Waals surface area contributed by atoms with Crippen molar-refractivity contribution in [3.05, 3.63) is 90.5 Å². The lowest BCUT2D eigenvalue weighted by Gasteiger charge is -2.43. The lowest BCUT2D eigenvalue weighted by molar-refractivity contribution is -0.118.